The quantitative estimate of drug-likeness (QED) is 0.754. The van der Waals surface area contributed by atoms with Gasteiger partial charge in [0, 0.05) is 19.1 Å². The molecule has 1 saturated heterocycles. The van der Waals surface area contributed by atoms with Gasteiger partial charge in [-0.2, -0.15) is 0 Å². The second-order valence-electron chi connectivity index (χ2n) is 6.84. The Balaban J connectivity index is 1.46. The SMILES string of the molecule is Cc1noc(C)c1S(=O)(=O)NC1CCN(C(=O)CCOc2ccccc2)CC1. The van der Waals surface area contributed by atoms with E-state index >= 15 is 0 Å². The third kappa shape index (κ3) is 4.90. The highest BCUT2D eigenvalue weighted by Crippen LogP contribution is 2.21. The predicted molar refractivity (Wildman–Crippen MR) is 102 cm³/mol. The lowest BCUT2D eigenvalue weighted by molar-refractivity contribution is -0.132. The van der Waals surface area contributed by atoms with E-state index in [1.165, 1.54) is 0 Å². The summed E-state index contributed by atoms with van der Waals surface area (Å²) in [6.07, 6.45) is 1.42. The summed E-state index contributed by atoms with van der Waals surface area (Å²) in [5.74, 6) is 1.03. The largest absolute Gasteiger partial charge is 0.493 e. The van der Waals surface area contributed by atoms with Crippen molar-refractivity contribution in [3.8, 4) is 5.75 Å². The second-order valence-corrected chi connectivity index (χ2v) is 8.49. The Morgan fingerprint density at radius 1 is 1.25 bits per heavy atom. The molecule has 8 nitrogen and oxygen atoms in total. The van der Waals surface area contributed by atoms with E-state index in [1.54, 1.807) is 18.7 Å². The summed E-state index contributed by atoms with van der Waals surface area (Å²) in [6.45, 7) is 4.52. The van der Waals surface area contributed by atoms with Gasteiger partial charge in [0.15, 0.2) is 5.76 Å². The Bertz CT molecular complexity index is 883. The number of aryl methyl sites for hydroxylation is 2. The van der Waals surface area contributed by atoms with Crippen LogP contribution in [0.1, 0.15) is 30.7 Å². The Morgan fingerprint density at radius 2 is 1.93 bits per heavy atom. The van der Waals surface area contributed by atoms with E-state index in [2.05, 4.69) is 9.88 Å². The van der Waals surface area contributed by atoms with Crippen LogP contribution in [0.2, 0.25) is 0 Å². The van der Waals surface area contributed by atoms with Gasteiger partial charge in [0.2, 0.25) is 15.9 Å². The minimum absolute atomic E-state index is 0.0166. The first-order valence-corrected chi connectivity index (χ1v) is 10.8. The van der Waals surface area contributed by atoms with Crippen LogP contribution in [0.15, 0.2) is 39.8 Å². The summed E-state index contributed by atoms with van der Waals surface area (Å²) in [7, 11) is -3.69. The molecule has 1 amide bonds. The van der Waals surface area contributed by atoms with Gasteiger partial charge in [-0.25, -0.2) is 13.1 Å². The summed E-state index contributed by atoms with van der Waals surface area (Å²) in [4.78, 5) is 14.2. The summed E-state index contributed by atoms with van der Waals surface area (Å²) in [5, 5.41) is 3.70. The normalized spacial score (nSPS) is 15.6. The first-order chi connectivity index (χ1) is 13.4. The molecule has 152 valence electrons. The Kier molecular flexibility index (Phi) is 6.35. The smallest absolute Gasteiger partial charge is 0.246 e. The first-order valence-electron chi connectivity index (χ1n) is 9.27. The van der Waals surface area contributed by atoms with E-state index in [4.69, 9.17) is 9.26 Å². The minimum atomic E-state index is -3.69. The molecule has 0 aliphatic carbocycles. The summed E-state index contributed by atoms with van der Waals surface area (Å²) < 4.78 is 38.4. The number of ether oxygens (including phenoxy) is 1. The fraction of sp³-hybridized carbons (Fsp3) is 0.474. The molecule has 1 aromatic heterocycles. The lowest BCUT2D eigenvalue weighted by Gasteiger charge is -2.32. The zero-order valence-corrected chi connectivity index (χ0v) is 16.9. The molecule has 0 atom stereocenters. The summed E-state index contributed by atoms with van der Waals surface area (Å²) in [6, 6.07) is 9.14. The molecule has 1 N–H and O–H groups in total. The summed E-state index contributed by atoms with van der Waals surface area (Å²) >= 11 is 0. The molecular weight excluding hydrogens is 382 g/mol. The van der Waals surface area contributed by atoms with E-state index in [0.29, 0.717) is 44.7 Å². The minimum Gasteiger partial charge on any atom is -0.493 e. The highest BCUT2D eigenvalue weighted by molar-refractivity contribution is 7.89. The van der Waals surface area contributed by atoms with Crippen molar-refractivity contribution in [3.05, 3.63) is 41.8 Å². The van der Waals surface area contributed by atoms with E-state index < -0.39 is 10.0 Å². The number of amides is 1. The second kappa shape index (κ2) is 8.74. The van der Waals surface area contributed by atoms with Gasteiger partial charge in [0.25, 0.3) is 0 Å². The molecule has 1 aliphatic heterocycles. The number of hydrogen-bond acceptors (Lipinski definition) is 6. The number of benzene rings is 1. The van der Waals surface area contributed by atoms with Gasteiger partial charge in [-0.15, -0.1) is 0 Å². The highest BCUT2D eigenvalue weighted by atomic mass is 32.2. The average Bonchev–Trinajstić information content (AvgIpc) is 3.02. The van der Waals surface area contributed by atoms with Crippen LogP contribution >= 0.6 is 0 Å². The van der Waals surface area contributed by atoms with Crippen molar-refractivity contribution in [2.24, 2.45) is 0 Å². The number of aromatic nitrogens is 1. The first kappa shape index (κ1) is 20.3. The third-order valence-corrected chi connectivity index (χ3v) is 6.50. The van der Waals surface area contributed by atoms with Gasteiger partial charge in [-0.1, -0.05) is 23.4 Å². The number of para-hydroxylation sites is 1. The van der Waals surface area contributed by atoms with Crippen LogP contribution in [0.4, 0.5) is 0 Å². The molecule has 9 heteroatoms. The molecule has 3 rings (SSSR count). The van der Waals surface area contributed by atoms with Crippen molar-refractivity contribution in [3.63, 3.8) is 0 Å². The number of carbonyl (C=O) groups excluding carboxylic acids is 1. The van der Waals surface area contributed by atoms with E-state index in [1.807, 2.05) is 30.3 Å². The van der Waals surface area contributed by atoms with Gasteiger partial charge in [0.05, 0.1) is 13.0 Å². The van der Waals surface area contributed by atoms with Gasteiger partial charge in [-0.05, 0) is 38.8 Å². The Morgan fingerprint density at radius 3 is 2.54 bits per heavy atom. The van der Waals surface area contributed by atoms with Crippen molar-refractivity contribution in [1.29, 1.82) is 0 Å². The molecule has 2 aromatic rings. The number of rotatable bonds is 7. The molecule has 0 bridgehead atoms. The maximum atomic E-state index is 12.6. The maximum Gasteiger partial charge on any atom is 0.246 e. The maximum absolute atomic E-state index is 12.6. The van der Waals surface area contributed by atoms with Crippen molar-refractivity contribution in [2.75, 3.05) is 19.7 Å². The number of nitrogens with zero attached hydrogens (tertiary/aromatic N) is 2. The number of carbonyl (C=O) groups is 1. The van der Waals surface area contributed by atoms with Crippen LogP contribution in [0.25, 0.3) is 0 Å². The monoisotopic (exact) mass is 407 g/mol. The summed E-state index contributed by atoms with van der Waals surface area (Å²) in [5.41, 5.74) is 0.344. The zero-order chi connectivity index (χ0) is 20.1. The third-order valence-electron chi connectivity index (χ3n) is 4.73. The van der Waals surface area contributed by atoms with Crippen LogP contribution < -0.4 is 9.46 Å². The molecule has 0 radical (unpaired) electrons. The predicted octanol–water partition coefficient (Wildman–Crippen LogP) is 2.03. The number of sulfonamides is 1. The molecule has 2 heterocycles. The van der Waals surface area contributed by atoms with Crippen molar-refractivity contribution in [1.82, 2.24) is 14.8 Å². The molecule has 1 aliphatic rings. The highest BCUT2D eigenvalue weighted by Gasteiger charge is 2.30. The van der Waals surface area contributed by atoms with Crippen LogP contribution in [-0.2, 0) is 14.8 Å². The molecular formula is C19H25N3O5S. The van der Waals surface area contributed by atoms with Gasteiger partial charge in [-0.3, -0.25) is 4.79 Å². The van der Waals surface area contributed by atoms with Crippen LogP contribution in [-0.4, -0.2) is 50.1 Å². The fourth-order valence-electron chi connectivity index (χ4n) is 3.31. The van der Waals surface area contributed by atoms with Crippen LogP contribution in [0.5, 0.6) is 5.75 Å². The van der Waals surface area contributed by atoms with Gasteiger partial charge in [0.1, 0.15) is 16.3 Å². The molecule has 0 saturated carbocycles. The number of hydrogen-bond donors (Lipinski definition) is 1. The average molecular weight is 407 g/mol. The van der Waals surface area contributed by atoms with E-state index in [9.17, 15) is 13.2 Å². The zero-order valence-electron chi connectivity index (χ0n) is 16.1. The van der Waals surface area contributed by atoms with Crippen molar-refractivity contribution in [2.45, 2.75) is 44.0 Å². The number of piperidine rings is 1. The lowest BCUT2D eigenvalue weighted by Crippen LogP contribution is -2.46. The van der Waals surface area contributed by atoms with Crippen LogP contribution in [0.3, 0.4) is 0 Å². The Labute approximate surface area is 164 Å². The van der Waals surface area contributed by atoms with Crippen LogP contribution in [0, 0.1) is 13.8 Å². The van der Waals surface area contributed by atoms with Gasteiger partial charge < -0.3 is 14.2 Å². The fourth-order valence-corrected chi connectivity index (χ4v) is 4.95. The standard InChI is InChI=1S/C19H25N3O5S/c1-14-19(15(2)27-20-14)28(24,25)21-16-8-11-22(12-9-16)18(23)10-13-26-17-6-4-3-5-7-17/h3-7,16,21H,8-13H2,1-2H3. The van der Waals surface area contributed by atoms with E-state index in [-0.39, 0.29) is 22.6 Å². The van der Waals surface area contributed by atoms with Crippen molar-refractivity contribution < 1.29 is 22.5 Å². The molecule has 0 unspecified atom stereocenters. The number of nitrogens with one attached hydrogen (secondary N) is 1. The Hall–Kier alpha value is -2.39. The number of likely N-dealkylation sites (tertiary alicyclic amines) is 1. The molecule has 28 heavy (non-hydrogen) atoms. The van der Waals surface area contributed by atoms with E-state index in [0.717, 1.165) is 5.75 Å². The lowest BCUT2D eigenvalue weighted by atomic mass is 10.1. The van der Waals surface area contributed by atoms with Crippen molar-refractivity contribution >= 4 is 15.9 Å². The topological polar surface area (TPSA) is 102 Å². The molecule has 0 spiro atoms. The molecule has 1 fully saturated rings. The molecule has 1 aromatic carbocycles. The van der Waals surface area contributed by atoms with Gasteiger partial charge >= 0.3 is 0 Å².